The summed E-state index contributed by atoms with van der Waals surface area (Å²) < 4.78 is 3.67. The van der Waals surface area contributed by atoms with E-state index in [4.69, 9.17) is 11.6 Å². The number of aryl methyl sites for hydroxylation is 2. The SMILES string of the molecule is Cc1ccccc1C(=C1CCC(NSc2ccc(Cl)cc2)CC1)c1ccccc1C. The maximum atomic E-state index is 5.99. The molecule has 0 amide bonds. The molecule has 1 nitrogen and oxygen atoms in total. The zero-order valence-corrected chi connectivity index (χ0v) is 19.2. The smallest absolute Gasteiger partial charge is 0.0406 e. The number of hydrogen-bond donors (Lipinski definition) is 1. The molecule has 3 heteroatoms. The summed E-state index contributed by atoms with van der Waals surface area (Å²) in [6.07, 6.45) is 4.60. The van der Waals surface area contributed by atoms with Crippen LogP contribution in [-0.4, -0.2) is 6.04 Å². The van der Waals surface area contributed by atoms with Crippen molar-refractivity contribution in [1.82, 2.24) is 4.72 Å². The van der Waals surface area contributed by atoms with Crippen LogP contribution in [0.15, 0.2) is 83.3 Å². The van der Waals surface area contributed by atoms with Crippen molar-refractivity contribution in [3.8, 4) is 0 Å². The molecule has 0 radical (unpaired) electrons. The molecule has 0 atom stereocenters. The second-order valence-electron chi connectivity index (χ2n) is 8.06. The van der Waals surface area contributed by atoms with E-state index in [0.717, 1.165) is 30.7 Å². The molecule has 0 spiro atoms. The molecular weight excluding hydrogens is 406 g/mol. The second kappa shape index (κ2) is 9.87. The summed E-state index contributed by atoms with van der Waals surface area (Å²) in [5.74, 6) is 0. The van der Waals surface area contributed by atoms with Crippen molar-refractivity contribution >= 4 is 29.1 Å². The van der Waals surface area contributed by atoms with Gasteiger partial charge in [-0.2, -0.15) is 0 Å². The first kappa shape index (κ1) is 21.2. The van der Waals surface area contributed by atoms with Crippen molar-refractivity contribution in [2.75, 3.05) is 0 Å². The van der Waals surface area contributed by atoms with Gasteiger partial charge in [-0.1, -0.05) is 65.7 Å². The van der Waals surface area contributed by atoms with Gasteiger partial charge in [0.15, 0.2) is 0 Å². The Bertz CT molecular complexity index is 981. The Morgan fingerprint density at radius 3 is 1.87 bits per heavy atom. The fraction of sp³-hybridized carbons (Fsp3) is 0.259. The lowest BCUT2D eigenvalue weighted by Gasteiger charge is -2.28. The highest BCUT2D eigenvalue weighted by Gasteiger charge is 2.22. The van der Waals surface area contributed by atoms with Gasteiger partial charge in [0.05, 0.1) is 0 Å². The first-order chi connectivity index (χ1) is 14.6. The van der Waals surface area contributed by atoms with Gasteiger partial charge in [0.25, 0.3) is 0 Å². The van der Waals surface area contributed by atoms with Crippen LogP contribution in [-0.2, 0) is 0 Å². The monoisotopic (exact) mass is 433 g/mol. The molecule has 0 aliphatic heterocycles. The predicted octanol–water partition coefficient (Wildman–Crippen LogP) is 8.00. The lowest BCUT2D eigenvalue weighted by Crippen LogP contribution is -2.26. The molecule has 3 aromatic rings. The molecular formula is C27H28ClNS. The molecule has 0 bridgehead atoms. The van der Waals surface area contributed by atoms with Crippen LogP contribution in [0.3, 0.4) is 0 Å². The van der Waals surface area contributed by atoms with Gasteiger partial charge >= 0.3 is 0 Å². The van der Waals surface area contributed by atoms with Crippen molar-refractivity contribution in [1.29, 1.82) is 0 Å². The van der Waals surface area contributed by atoms with Crippen LogP contribution in [0.4, 0.5) is 0 Å². The third kappa shape index (κ3) is 5.00. The quantitative estimate of drug-likeness (QED) is 0.409. The molecule has 0 unspecified atom stereocenters. The zero-order chi connectivity index (χ0) is 20.9. The number of rotatable bonds is 5. The summed E-state index contributed by atoms with van der Waals surface area (Å²) in [5, 5.41) is 0.784. The molecule has 1 aliphatic rings. The van der Waals surface area contributed by atoms with Crippen molar-refractivity contribution < 1.29 is 0 Å². The predicted molar refractivity (Wildman–Crippen MR) is 131 cm³/mol. The van der Waals surface area contributed by atoms with Crippen LogP contribution >= 0.6 is 23.5 Å². The maximum Gasteiger partial charge on any atom is 0.0406 e. The first-order valence-corrected chi connectivity index (χ1v) is 11.8. The summed E-state index contributed by atoms with van der Waals surface area (Å²) in [5.41, 5.74) is 8.50. The van der Waals surface area contributed by atoms with E-state index in [1.807, 2.05) is 12.1 Å². The van der Waals surface area contributed by atoms with Crippen LogP contribution in [0.2, 0.25) is 5.02 Å². The molecule has 30 heavy (non-hydrogen) atoms. The largest absolute Gasteiger partial charge is 0.257 e. The highest BCUT2D eigenvalue weighted by molar-refractivity contribution is 7.97. The van der Waals surface area contributed by atoms with Crippen molar-refractivity contribution in [3.63, 3.8) is 0 Å². The van der Waals surface area contributed by atoms with Crippen LogP contribution in [0, 0.1) is 13.8 Å². The van der Waals surface area contributed by atoms with Crippen LogP contribution in [0.1, 0.15) is 47.9 Å². The Morgan fingerprint density at radius 2 is 1.33 bits per heavy atom. The fourth-order valence-corrected chi connectivity index (χ4v) is 5.16. The average molecular weight is 434 g/mol. The summed E-state index contributed by atoms with van der Waals surface area (Å²) in [6, 6.07) is 26.2. The minimum absolute atomic E-state index is 0.532. The zero-order valence-electron chi connectivity index (χ0n) is 17.6. The summed E-state index contributed by atoms with van der Waals surface area (Å²) in [4.78, 5) is 1.21. The summed E-state index contributed by atoms with van der Waals surface area (Å²) in [7, 11) is 0. The normalized spacial score (nSPS) is 16.5. The first-order valence-electron chi connectivity index (χ1n) is 10.6. The molecule has 0 heterocycles. The van der Waals surface area contributed by atoms with Crippen molar-refractivity contribution in [2.24, 2.45) is 0 Å². The fourth-order valence-electron chi connectivity index (χ4n) is 4.22. The minimum atomic E-state index is 0.532. The molecule has 1 fully saturated rings. The van der Waals surface area contributed by atoms with Gasteiger partial charge in [-0.05, 0) is 104 Å². The van der Waals surface area contributed by atoms with Gasteiger partial charge < -0.3 is 0 Å². The standard InChI is InChI=1S/C27H28ClNS/c1-19-7-3-5-9-25(19)27(26-10-6-4-8-20(26)2)21-11-15-23(16-12-21)29-30-24-17-13-22(28)14-18-24/h3-10,13-14,17-18,23,29H,11-12,15-16H2,1-2H3. The van der Waals surface area contributed by atoms with Crippen molar-refractivity contribution in [2.45, 2.75) is 50.5 Å². The van der Waals surface area contributed by atoms with E-state index < -0.39 is 0 Å². The average Bonchev–Trinajstić information content (AvgIpc) is 2.77. The van der Waals surface area contributed by atoms with Crippen LogP contribution < -0.4 is 4.72 Å². The lowest BCUT2D eigenvalue weighted by molar-refractivity contribution is 0.488. The second-order valence-corrected chi connectivity index (χ2v) is 9.40. The number of halogens is 1. The van der Waals surface area contributed by atoms with Crippen molar-refractivity contribution in [3.05, 3.63) is 106 Å². The van der Waals surface area contributed by atoms with Gasteiger partial charge in [-0.15, -0.1) is 0 Å². The molecule has 1 N–H and O–H groups in total. The summed E-state index contributed by atoms with van der Waals surface area (Å²) >= 11 is 7.71. The van der Waals surface area contributed by atoms with E-state index in [0.29, 0.717) is 6.04 Å². The van der Waals surface area contributed by atoms with Crippen LogP contribution in [0.25, 0.3) is 5.57 Å². The molecule has 154 valence electrons. The van der Waals surface area contributed by atoms with Gasteiger partial charge in [0, 0.05) is 16.0 Å². The van der Waals surface area contributed by atoms with Gasteiger partial charge in [-0.25, -0.2) is 0 Å². The number of nitrogens with one attached hydrogen (secondary N) is 1. The molecule has 0 aromatic heterocycles. The molecule has 1 aliphatic carbocycles. The Hall–Kier alpha value is -2.00. The molecule has 1 saturated carbocycles. The third-order valence-electron chi connectivity index (χ3n) is 5.93. The van der Waals surface area contributed by atoms with Gasteiger partial charge in [0.2, 0.25) is 0 Å². The van der Waals surface area contributed by atoms with E-state index >= 15 is 0 Å². The molecule has 3 aromatic carbocycles. The van der Waals surface area contributed by atoms with E-state index in [2.05, 4.69) is 79.2 Å². The van der Waals surface area contributed by atoms with E-state index in [1.54, 1.807) is 17.5 Å². The Morgan fingerprint density at radius 1 is 0.800 bits per heavy atom. The Balaban J connectivity index is 1.54. The van der Waals surface area contributed by atoms with Gasteiger partial charge in [-0.3, -0.25) is 4.72 Å². The number of allylic oxidation sites excluding steroid dienone is 1. The Kier molecular flexibility index (Phi) is 6.99. The minimum Gasteiger partial charge on any atom is -0.257 e. The van der Waals surface area contributed by atoms with Gasteiger partial charge in [0.1, 0.15) is 0 Å². The molecule has 0 saturated heterocycles. The highest BCUT2D eigenvalue weighted by Crippen LogP contribution is 2.38. The number of benzene rings is 3. The van der Waals surface area contributed by atoms with E-state index in [1.165, 1.54) is 32.7 Å². The topological polar surface area (TPSA) is 12.0 Å². The summed E-state index contributed by atoms with van der Waals surface area (Å²) in [6.45, 7) is 4.45. The highest BCUT2D eigenvalue weighted by atomic mass is 35.5. The molecule has 4 rings (SSSR count). The maximum absolute atomic E-state index is 5.99. The third-order valence-corrected chi connectivity index (χ3v) is 7.14. The number of hydrogen-bond acceptors (Lipinski definition) is 2. The lowest BCUT2D eigenvalue weighted by atomic mass is 9.81. The van der Waals surface area contributed by atoms with E-state index in [-0.39, 0.29) is 0 Å². The Labute approximate surface area is 189 Å². The van der Waals surface area contributed by atoms with E-state index in [9.17, 15) is 0 Å². The van der Waals surface area contributed by atoms with Crippen LogP contribution in [0.5, 0.6) is 0 Å².